The summed E-state index contributed by atoms with van der Waals surface area (Å²) < 4.78 is 21.2. The Morgan fingerprint density at radius 2 is 2.06 bits per heavy atom. The number of halogens is 1. The first-order valence-corrected chi connectivity index (χ1v) is 13.1. The predicted octanol–water partition coefficient (Wildman–Crippen LogP) is 7.44. The van der Waals surface area contributed by atoms with Gasteiger partial charge >= 0.3 is 0 Å². The first-order valence-electron chi connectivity index (χ1n) is 12.2. The summed E-state index contributed by atoms with van der Waals surface area (Å²) in [6.07, 6.45) is 8.42. The number of carbonyl (C=O) groups excluding carboxylic acids is 2. The number of Topliss-reactive ketones (excluding diaryl/α,β-unsaturated/α-hetero) is 2. The molecule has 3 atom stereocenters. The van der Waals surface area contributed by atoms with Gasteiger partial charge in [0.1, 0.15) is 17.4 Å². The van der Waals surface area contributed by atoms with Gasteiger partial charge in [0.2, 0.25) is 0 Å². The maximum atomic E-state index is 15.2. The van der Waals surface area contributed by atoms with Crippen LogP contribution in [-0.4, -0.2) is 29.3 Å². The van der Waals surface area contributed by atoms with Crippen LogP contribution in [0.4, 0.5) is 4.39 Å². The van der Waals surface area contributed by atoms with Crippen LogP contribution in [0.1, 0.15) is 83.3 Å². The number of thiazole rings is 1. The molecule has 2 heterocycles. The van der Waals surface area contributed by atoms with Crippen LogP contribution in [0.2, 0.25) is 0 Å². The summed E-state index contributed by atoms with van der Waals surface area (Å²) in [7, 11) is 0. The van der Waals surface area contributed by atoms with Gasteiger partial charge in [-0.15, -0.1) is 17.9 Å². The lowest BCUT2D eigenvalue weighted by molar-refractivity contribution is -0.133. The van der Waals surface area contributed by atoms with E-state index in [1.54, 1.807) is 6.08 Å². The van der Waals surface area contributed by atoms with Crippen molar-refractivity contribution in [2.24, 2.45) is 17.3 Å². The number of ether oxygens (including phenoxy) is 1. The molecule has 1 aliphatic rings. The monoisotopic (exact) mass is 489 g/mol. The molecule has 1 aromatic heterocycles. The van der Waals surface area contributed by atoms with E-state index in [9.17, 15) is 9.59 Å². The third-order valence-corrected chi connectivity index (χ3v) is 7.36. The molecule has 1 aliphatic heterocycles. The topological polar surface area (TPSA) is 56.3 Å². The van der Waals surface area contributed by atoms with Crippen molar-refractivity contribution in [3.8, 4) is 0 Å². The minimum absolute atomic E-state index is 0.0148. The Morgan fingerprint density at radius 1 is 1.32 bits per heavy atom. The van der Waals surface area contributed by atoms with E-state index in [2.05, 4.69) is 11.6 Å². The van der Waals surface area contributed by atoms with Crippen molar-refractivity contribution in [2.75, 3.05) is 6.61 Å². The van der Waals surface area contributed by atoms with Crippen molar-refractivity contribution in [3.63, 3.8) is 0 Å². The molecule has 0 fully saturated rings. The minimum atomic E-state index is -0.640. The summed E-state index contributed by atoms with van der Waals surface area (Å²) in [4.78, 5) is 30.6. The highest BCUT2D eigenvalue weighted by Crippen LogP contribution is 2.33. The van der Waals surface area contributed by atoms with Gasteiger partial charge in [-0.05, 0) is 59.0 Å². The van der Waals surface area contributed by atoms with E-state index in [1.807, 2.05) is 46.1 Å². The van der Waals surface area contributed by atoms with Crippen molar-refractivity contribution in [3.05, 3.63) is 46.2 Å². The molecule has 34 heavy (non-hydrogen) atoms. The molecular formula is C28H40FNO3S. The number of hydrogen-bond donors (Lipinski definition) is 0. The lowest BCUT2D eigenvalue weighted by atomic mass is 9.74. The maximum Gasteiger partial charge on any atom is 0.141 e. The molecule has 0 radical (unpaired) electrons. The average Bonchev–Trinajstić information content (AvgIpc) is 3.18. The molecule has 0 aliphatic carbocycles. The highest BCUT2D eigenvalue weighted by atomic mass is 32.1. The van der Waals surface area contributed by atoms with Crippen LogP contribution in [0.15, 0.2) is 35.5 Å². The summed E-state index contributed by atoms with van der Waals surface area (Å²) in [6.45, 7) is 14.1. The summed E-state index contributed by atoms with van der Waals surface area (Å²) in [5.41, 5.74) is 1.05. The molecule has 0 aromatic carbocycles. The highest BCUT2D eigenvalue weighted by molar-refractivity contribution is 7.09. The second-order valence-electron chi connectivity index (χ2n) is 10.2. The Kier molecular flexibility index (Phi) is 11.0. The van der Waals surface area contributed by atoms with E-state index in [4.69, 9.17) is 4.74 Å². The molecule has 0 saturated heterocycles. The van der Waals surface area contributed by atoms with E-state index in [0.29, 0.717) is 38.0 Å². The van der Waals surface area contributed by atoms with Gasteiger partial charge in [0.15, 0.2) is 0 Å². The van der Waals surface area contributed by atoms with Gasteiger partial charge < -0.3 is 4.74 Å². The van der Waals surface area contributed by atoms with Gasteiger partial charge in [-0.2, -0.15) is 0 Å². The lowest BCUT2D eigenvalue weighted by Crippen LogP contribution is -2.33. The largest absolute Gasteiger partial charge is 0.378 e. The van der Waals surface area contributed by atoms with Crippen LogP contribution in [0.25, 0.3) is 6.08 Å². The fourth-order valence-electron chi connectivity index (χ4n) is 4.35. The maximum absolute atomic E-state index is 15.2. The summed E-state index contributed by atoms with van der Waals surface area (Å²) in [5, 5.41) is 2.69. The molecule has 1 aromatic rings. The average molecular weight is 490 g/mol. The van der Waals surface area contributed by atoms with Crippen molar-refractivity contribution in [2.45, 2.75) is 85.7 Å². The summed E-state index contributed by atoms with van der Waals surface area (Å²) >= 11 is 1.47. The third kappa shape index (κ3) is 9.03. The zero-order chi connectivity index (χ0) is 25.3. The summed E-state index contributed by atoms with van der Waals surface area (Å²) in [5.74, 6) is -0.921. The van der Waals surface area contributed by atoms with Crippen LogP contribution in [0.3, 0.4) is 0 Å². The van der Waals surface area contributed by atoms with Crippen LogP contribution in [0, 0.1) is 24.2 Å². The number of aromatic nitrogens is 1. The predicted molar refractivity (Wildman–Crippen MR) is 138 cm³/mol. The summed E-state index contributed by atoms with van der Waals surface area (Å²) in [6, 6.07) is 0. The number of ketones is 2. The second kappa shape index (κ2) is 13.2. The van der Waals surface area contributed by atoms with Gasteiger partial charge in [0, 0.05) is 35.5 Å². The van der Waals surface area contributed by atoms with Crippen LogP contribution in [0.5, 0.6) is 0 Å². The Hall–Kier alpha value is -1.92. The molecule has 0 spiro atoms. The van der Waals surface area contributed by atoms with E-state index in [1.165, 1.54) is 17.4 Å². The van der Waals surface area contributed by atoms with E-state index in [-0.39, 0.29) is 42.3 Å². The van der Waals surface area contributed by atoms with Gasteiger partial charge in [0.25, 0.3) is 0 Å². The van der Waals surface area contributed by atoms with Gasteiger partial charge in [0.05, 0.1) is 23.4 Å². The Balaban J connectivity index is 2.26. The molecule has 4 nitrogen and oxygen atoms in total. The van der Waals surface area contributed by atoms with Crippen LogP contribution < -0.4 is 0 Å². The second-order valence-corrected chi connectivity index (χ2v) is 11.2. The van der Waals surface area contributed by atoms with E-state index < -0.39 is 11.3 Å². The first kappa shape index (κ1) is 28.3. The third-order valence-electron chi connectivity index (χ3n) is 6.57. The number of rotatable bonds is 4. The molecule has 2 rings (SSSR count). The molecular weight excluding hydrogens is 449 g/mol. The highest BCUT2D eigenvalue weighted by Gasteiger charge is 2.34. The van der Waals surface area contributed by atoms with Gasteiger partial charge in [-0.25, -0.2) is 9.37 Å². The molecule has 0 saturated carbocycles. The van der Waals surface area contributed by atoms with E-state index in [0.717, 1.165) is 17.0 Å². The quantitative estimate of drug-likeness (QED) is 0.412. The molecule has 0 amide bonds. The fraction of sp³-hybridized carbons (Fsp3) is 0.607. The Bertz CT molecular complexity index is 915. The number of carbonyl (C=O) groups is 2. The zero-order valence-corrected chi connectivity index (χ0v) is 22.2. The van der Waals surface area contributed by atoms with Crippen molar-refractivity contribution >= 4 is 29.0 Å². The van der Waals surface area contributed by atoms with E-state index >= 15 is 4.39 Å². The smallest absolute Gasteiger partial charge is 0.141 e. The van der Waals surface area contributed by atoms with Crippen molar-refractivity contribution < 1.29 is 18.7 Å². The first-order chi connectivity index (χ1) is 16.0. The normalized spacial score (nSPS) is 26.2. The molecule has 0 N–H and O–H groups in total. The number of allylic oxidation sites excluding steroid dienone is 3. The van der Waals surface area contributed by atoms with Crippen LogP contribution >= 0.6 is 11.3 Å². The number of aryl methyl sites for hydroxylation is 1. The zero-order valence-electron chi connectivity index (χ0n) is 21.4. The minimum Gasteiger partial charge on any atom is -0.378 e. The van der Waals surface area contributed by atoms with Crippen LogP contribution in [-0.2, 0) is 14.3 Å². The van der Waals surface area contributed by atoms with Crippen molar-refractivity contribution in [1.29, 1.82) is 0 Å². The Labute approximate surface area is 208 Å². The molecule has 188 valence electrons. The number of hydrogen-bond acceptors (Lipinski definition) is 5. The number of nitrogens with zero attached hydrogens (tertiary/aromatic N) is 1. The molecule has 6 heteroatoms. The SMILES string of the molecule is C=CCC1CC(C)OCCC(C)=CCC(C(F)=Cc2csc(C)n2)CC(=O)CCC(C)(C)C1=O. The van der Waals surface area contributed by atoms with Gasteiger partial charge in [-0.3, -0.25) is 9.59 Å². The lowest BCUT2D eigenvalue weighted by Gasteiger charge is -2.29. The standard InChI is InChI=1S/C28H40FNO3S/c1-7-8-23-15-20(3)33-14-12-19(2)9-10-22(26(29)17-24-18-34-21(4)30-24)16-25(31)11-13-28(5,6)27(23)32/h7,9,17-18,20,22-23H,1,8,10-16H2,2-6H3. The Morgan fingerprint density at radius 3 is 2.71 bits per heavy atom. The fourth-order valence-corrected chi connectivity index (χ4v) is 4.92. The molecule has 0 bridgehead atoms. The molecule has 3 unspecified atom stereocenters. The van der Waals surface area contributed by atoms with Gasteiger partial charge in [-0.1, -0.05) is 31.6 Å². The van der Waals surface area contributed by atoms with Crippen molar-refractivity contribution in [1.82, 2.24) is 4.98 Å².